The van der Waals surface area contributed by atoms with Gasteiger partial charge in [-0.1, -0.05) is 42.5 Å². The zero-order valence-electron chi connectivity index (χ0n) is 18.6. The molecule has 1 amide bonds. The largest absolute Gasteiger partial charge is 0.491 e. The van der Waals surface area contributed by atoms with E-state index in [1.807, 2.05) is 54.3 Å². The van der Waals surface area contributed by atoms with Crippen molar-refractivity contribution >= 4 is 16.9 Å². The minimum Gasteiger partial charge on any atom is -0.491 e. The maximum atomic E-state index is 13.2. The molecule has 0 radical (unpaired) electrons. The summed E-state index contributed by atoms with van der Waals surface area (Å²) in [6, 6.07) is 22.4. The lowest BCUT2D eigenvalue weighted by atomic mass is 10.1. The van der Waals surface area contributed by atoms with Gasteiger partial charge < -0.3 is 14.2 Å². The van der Waals surface area contributed by atoms with Crippen molar-refractivity contribution in [1.29, 1.82) is 0 Å². The van der Waals surface area contributed by atoms with Crippen molar-refractivity contribution in [2.24, 2.45) is 0 Å². The Morgan fingerprint density at radius 2 is 1.79 bits per heavy atom. The molecular formula is C27H26FN3O2. The Balaban J connectivity index is 1.36. The maximum Gasteiger partial charge on any atom is 0.223 e. The lowest BCUT2D eigenvalue weighted by molar-refractivity contribution is -0.128. The van der Waals surface area contributed by atoms with Gasteiger partial charge in [-0.25, -0.2) is 9.37 Å². The number of aryl methyl sites for hydroxylation is 1. The average molecular weight is 444 g/mol. The number of carbonyl (C=O) groups is 1. The van der Waals surface area contributed by atoms with Crippen molar-refractivity contribution in [2.75, 3.05) is 13.2 Å². The molecule has 5 nitrogen and oxygen atoms in total. The summed E-state index contributed by atoms with van der Waals surface area (Å²) < 4.78 is 21.5. The number of nitrogens with zero attached hydrogens (tertiary/aromatic N) is 3. The van der Waals surface area contributed by atoms with Crippen LogP contribution in [0.3, 0.4) is 0 Å². The van der Waals surface area contributed by atoms with Crippen LogP contribution in [0.25, 0.3) is 11.0 Å². The molecule has 1 fully saturated rings. The predicted octanol–water partition coefficient (Wildman–Crippen LogP) is 5.08. The van der Waals surface area contributed by atoms with Gasteiger partial charge in [-0.05, 0) is 48.4 Å². The number of halogens is 1. The quantitative estimate of drug-likeness (QED) is 0.400. The lowest BCUT2D eigenvalue weighted by Crippen LogP contribution is -2.24. The van der Waals surface area contributed by atoms with Gasteiger partial charge in [-0.3, -0.25) is 4.79 Å². The first kappa shape index (κ1) is 21.2. The summed E-state index contributed by atoms with van der Waals surface area (Å²) >= 11 is 0. The van der Waals surface area contributed by atoms with Crippen molar-refractivity contribution in [3.63, 3.8) is 0 Å². The van der Waals surface area contributed by atoms with Crippen LogP contribution in [0.2, 0.25) is 0 Å². The van der Waals surface area contributed by atoms with Gasteiger partial charge in [0.1, 0.15) is 24.0 Å². The zero-order chi connectivity index (χ0) is 22.8. The van der Waals surface area contributed by atoms with E-state index in [0.29, 0.717) is 32.7 Å². The number of carbonyl (C=O) groups excluding carboxylic acids is 1. The number of fused-ring (bicyclic) bond motifs is 1. The van der Waals surface area contributed by atoms with Gasteiger partial charge in [0.05, 0.1) is 17.6 Å². The van der Waals surface area contributed by atoms with Gasteiger partial charge in [0, 0.05) is 25.4 Å². The molecule has 0 bridgehead atoms. The molecule has 6 heteroatoms. The van der Waals surface area contributed by atoms with Crippen LogP contribution in [0, 0.1) is 12.7 Å². The van der Waals surface area contributed by atoms with Crippen LogP contribution in [0.5, 0.6) is 5.75 Å². The molecular weight excluding hydrogens is 417 g/mol. The number of likely N-dealkylation sites (tertiary alicyclic amines) is 1. The summed E-state index contributed by atoms with van der Waals surface area (Å²) in [5.74, 6) is 1.62. The Labute approximate surface area is 192 Å². The van der Waals surface area contributed by atoms with E-state index in [1.54, 1.807) is 12.1 Å². The van der Waals surface area contributed by atoms with Gasteiger partial charge >= 0.3 is 0 Å². The third-order valence-electron chi connectivity index (χ3n) is 6.22. The fourth-order valence-electron chi connectivity index (χ4n) is 4.51. The second kappa shape index (κ2) is 9.06. The summed E-state index contributed by atoms with van der Waals surface area (Å²) in [5.41, 5.74) is 4.00. The summed E-state index contributed by atoms with van der Waals surface area (Å²) in [5, 5.41) is 0. The first-order valence-electron chi connectivity index (χ1n) is 11.2. The standard InChI is InChI=1S/C27H26FN3O2/c1-19-6-2-5-9-25(19)33-15-14-31-24-8-4-3-7-23(24)29-27(31)21-16-26(32)30(18-21)17-20-10-12-22(28)13-11-20/h2-13,21H,14-18H2,1H3. The molecule has 4 aromatic rings. The molecule has 2 heterocycles. The Hall–Kier alpha value is -3.67. The Morgan fingerprint density at radius 1 is 1.03 bits per heavy atom. The first-order valence-corrected chi connectivity index (χ1v) is 11.2. The summed E-state index contributed by atoms with van der Waals surface area (Å²) in [6.45, 7) is 4.27. The fraction of sp³-hybridized carbons (Fsp3) is 0.259. The number of rotatable bonds is 7. The SMILES string of the molecule is Cc1ccccc1OCCn1c(C2CC(=O)N(Cc3ccc(F)cc3)C2)nc2ccccc21. The molecule has 5 rings (SSSR count). The van der Waals surface area contributed by atoms with Crippen molar-refractivity contribution in [3.8, 4) is 5.75 Å². The Bertz CT molecular complexity index is 1280. The van der Waals surface area contributed by atoms with Gasteiger partial charge in [-0.2, -0.15) is 0 Å². The van der Waals surface area contributed by atoms with Crippen molar-refractivity contribution in [3.05, 3.63) is 95.6 Å². The van der Waals surface area contributed by atoms with E-state index in [4.69, 9.17) is 9.72 Å². The molecule has 1 atom stereocenters. The number of hydrogen-bond acceptors (Lipinski definition) is 3. The molecule has 1 saturated heterocycles. The number of para-hydroxylation sites is 3. The van der Waals surface area contributed by atoms with Crippen molar-refractivity contribution in [1.82, 2.24) is 14.5 Å². The van der Waals surface area contributed by atoms with Crippen LogP contribution < -0.4 is 4.74 Å². The zero-order valence-corrected chi connectivity index (χ0v) is 18.6. The number of hydrogen-bond donors (Lipinski definition) is 0. The van der Waals surface area contributed by atoms with Gasteiger partial charge in [-0.15, -0.1) is 0 Å². The third-order valence-corrected chi connectivity index (χ3v) is 6.22. The molecule has 1 aromatic heterocycles. The highest BCUT2D eigenvalue weighted by atomic mass is 19.1. The Morgan fingerprint density at radius 3 is 2.61 bits per heavy atom. The van der Waals surface area contributed by atoms with Crippen LogP contribution in [0.4, 0.5) is 4.39 Å². The smallest absolute Gasteiger partial charge is 0.223 e. The summed E-state index contributed by atoms with van der Waals surface area (Å²) in [7, 11) is 0. The molecule has 168 valence electrons. The maximum absolute atomic E-state index is 13.2. The van der Waals surface area contributed by atoms with Gasteiger partial charge in [0.15, 0.2) is 0 Å². The third kappa shape index (κ3) is 4.46. The molecule has 1 aliphatic rings. The minimum atomic E-state index is -0.272. The van der Waals surface area contributed by atoms with Crippen LogP contribution in [-0.2, 0) is 17.9 Å². The molecule has 33 heavy (non-hydrogen) atoms. The number of amides is 1. The highest BCUT2D eigenvalue weighted by Crippen LogP contribution is 2.31. The van der Waals surface area contributed by atoms with Crippen molar-refractivity contribution in [2.45, 2.75) is 32.4 Å². The van der Waals surface area contributed by atoms with E-state index in [-0.39, 0.29) is 17.6 Å². The van der Waals surface area contributed by atoms with E-state index < -0.39 is 0 Å². The topological polar surface area (TPSA) is 47.4 Å². The van der Waals surface area contributed by atoms with E-state index in [1.165, 1.54) is 12.1 Å². The molecule has 1 aliphatic heterocycles. The van der Waals surface area contributed by atoms with Gasteiger partial charge in [0.2, 0.25) is 5.91 Å². The number of imidazole rings is 1. The highest BCUT2D eigenvalue weighted by Gasteiger charge is 2.34. The fourth-order valence-corrected chi connectivity index (χ4v) is 4.51. The van der Waals surface area contributed by atoms with E-state index in [0.717, 1.165) is 33.7 Å². The van der Waals surface area contributed by atoms with Gasteiger partial charge in [0.25, 0.3) is 0 Å². The molecule has 0 N–H and O–H groups in total. The monoisotopic (exact) mass is 443 g/mol. The summed E-state index contributed by atoms with van der Waals surface area (Å²) in [4.78, 5) is 19.5. The second-order valence-electron chi connectivity index (χ2n) is 8.53. The number of ether oxygens (including phenoxy) is 1. The van der Waals surface area contributed by atoms with Crippen LogP contribution in [0.15, 0.2) is 72.8 Å². The van der Waals surface area contributed by atoms with Crippen LogP contribution in [0.1, 0.15) is 29.3 Å². The molecule has 0 saturated carbocycles. The first-order chi connectivity index (χ1) is 16.1. The van der Waals surface area contributed by atoms with E-state index >= 15 is 0 Å². The molecule has 0 spiro atoms. The van der Waals surface area contributed by atoms with E-state index in [9.17, 15) is 9.18 Å². The van der Waals surface area contributed by atoms with Crippen LogP contribution in [-0.4, -0.2) is 33.5 Å². The lowest BCUT2D eigenvalue weighted by Gasteiger charge is -2.18. The molecule has 0 aliphatic carbocycles. The normalized spacial score (nSPS) is 16.0. The Kier molecular flexibility index (Phi) is 5.82. The second-order valence-corrected chi connectivity index (χ2v) is 8.53. The van der Waals surface area contributed by atoms with Crippen LogP contribution >= 0.6 is 0 Å². The minimum absolute atomic E-state index is 0.00353. The average Bonchev–Trinajstić information content (AvgIpc) is 3.37. The van der Waals surface area contributed by atoms with Crippen molar-refractivity contribution < 1.29 is 13.9 Å². The number of benzene rings is 3. The highest BCUT2D eigenvalue weighted by molar-refractivity contribution is 5.81. The number of aromatic nitrogens is 2. The summed E-state index contributed by atoms with van der Waals surface area (Å²) in [6.07, 6.45) is 0.420. The molecule has 3 aromatic carbocycles. The molecule has 1 unspecified atom stereocenters. The van der Waals surface area contributed by atoms with E-state index in [2.05, 4.69) is 10.6 Å². The predicted molar refractivity (Wildman–Crippen MR) is 126 cm³/mol.